The molecule has 0 amide bonds. The summed E-state index contributed by atoms with van der Waals surface area (Å²) in [4.78, 5) is 0. The van der Waals surface area contributed by atoms with E-state index in [9.17, 15) is 0 Å². The standard InChI is InChI=1S/C2H6.3Na/c1-2;;;/h1-2H3;;;. The Bertz CT molecular complexity index is 4.85. The first kappa shape index (κ1) is 24.5. The summed E-state index contributed by atoms with van der Waals surface area (Å²) in [7, 11) is 0. The second kappa shape index (κ2) is 28.0. The van der Waals surface area contributed by atoms with Crippen molar-refractivity contribution in [2.45, 2.75) is 13.8 Å². The quantitative estimate of drug-likeness (QED) is 0.371. The Morgan fingerprint density at radius 2 is 0.600 bits per heavy atom. The van der Waals surface area contributed by atoms with Crippen molar-refractivity contribution in [2.75, 3.05) is 0 Å². The summed E-state index contributed by atoms with van der Waals surface area (Å²) >= 11 is 0. The van der Waals surface area contributed by atoms with Crippen molar-refractivity contribution in [1.29, 1.82) is 0 Å². The molecule has 0 bridgehead atoms. The van der Waals surface area contributed by atoms with Crippen molar-refractivity contribution < 1.29 is 0 Å². The molecule has 0 unspecified atom stereocenters. The average molecular weight is 99.0 g/mol. The molecular formula is C2H6Na3. The van der Waals surface area contributed by atoms with Gasteiger partial charge in [0.1, 0.15) is 0 Å². The van der Waals surface area contributed by atoms with Crippen LogP contribution in [0.2, 0.25) is 0 Å². The van der Waals surface area contributed by atoms with Gasteiger partial charge in [-0.15, -0.1) is 0 Å². The summed E-state index contributed by atoms with van der Waals surface area (Å²) in [5.41, 5.74) is 0. The predicted molar refractivity (Wildman–Crippen MR) is 28.6 cm³/mol. The van der Waals surface area contributed by atoms with Crippen LogP contribution < -0.4 is 0 Å². The molecule has 0 aromatic carbocycles. The summed E-state index contributed by atoms with van der Waals surface area (Å²) in [5, 5.41) is 0. The van der Waals surface area contributed by atoms with Gasteiger partial charge in [-0.05, 0) is 0 Å². The molecule has 0 saturated carbocycles. The van der Waals surface area contributed by atoms with E-state index < -0.39 is 0 Å². The van der Waals surface area contributed by atoms with Crippen LogP contribution in [0.3, 0.4) is 0 Å². The zero-order valence-electron chi connectivity index (χ0n) is 5.00. The van der Waals surface area contributed by atoms with Crippen molar-refractivity contribution in [3.8, 4) is 0 Å². The fourth-order valence-electron chi connectivity index (χ4n) is 0. The maximum Gasteiger partial charge on any atom is 0 e. The summed E-state index contributed by atoms with van der Waals surface area (Å²) in [6.07, 6.45) is 0. The van der Waals surface area contributed by atoms with Crippen LogP contribution in [0, 0.1) is 0 Å². The summed E-state index contributed by atoms with van der Waals surface area (Å²) in [6.45, 7) is 4.00. The molecule has 0 spiro atoms. The van der Waals surface area contributed by atoms with Crippen molar-refractivity contribution in [2.24, 2.45) is 0 Å². The maximum atomic E-state index is 2.00. The smallest absolute Gasteiger partial charge is 0 e. The van der Waals surface area contributed by atoms with E-state index in [2.05, 4.69) is 0 Å². The van der Waals surface area contributed by atoms with E-state index in [0.29, 0.717) is 0 Å². The minimum absolute atomic E-state index is 0. The second-order valence-corrected chi connectivity index (χ2v) is 0. The van der Waals surface area contributed by atoms with Gasteiger partial charge in [0.15, 0.2) is 0 Å². The van der Waals surface area contributed by atoms with Crippen molar-refractivity contribution in [1.82, 2.24) is 0 Å². The fraction of sp³-hybridized carbons (Fsp3) is 1.00. The Balaban J connectivity index is -0.00000000167. The third-order valence-electron chi connectivity index (χ3n) is 0. The number of hydrogen-bond acceptors (Lipinski definition) is 0. The molecule has 0 saturated heterocycles. The molecule has 0 aliphatic heterocycles. The monoisotopic (exact) mass is 99.0 g/mol. The second-order valence-electron chi connectivity index (χ2n) is 0. The van der Waals surface area contributed by atoms with Crippen molar-refractivity contribution in [3.63, 3.8) is 0 Å². The predicted octanol–water partition coefficient (Wildman–Crippen LogP) is -0.116. The van der Waals surface area contributed by atoms with E-state index in [1.807, 2.05) is 13.8 Å². The Kier molecular flexibility index (Phi) is 137. The molecule has 5 heavy (non-hydrogen) atoms. The topological polar surface area (TPSA) is 0 Å². The number of rotatable bonds is 0. The van der Waals surface area contributed by atoms with Gasteiger partial charge >= 0.3 is 0 Å². The van der Waals surface area contributed by atoms with Crippen molar-refractivity contribution >= 4 is 88.7 Å². The number of hydrogen-bond donors (Lipinski definition) is 0. The molecule has 0 atom stereocenters. The first-order valence-corrected chi connectivity index (χ1v) is 1.00. The molecule has 0 aliphatic carbocycles. The van der Waals surface area contributed by atoms with Crippen molar-refractivity contribution in [3.05, 3.63) is 0 Å². The summed E-state index contributed by atoms with van der Waals surface area (Å²) in [6, 6.07) is 0. The van der Waals surface area contributed by atoms with Crippen LogP contribution in [0.4, 0.5) is 0 Å². The van der Waals surface area contributed by atoms with Gasteiger partial charge in [-0.3, -0.25) is 0 Å². The first-order valence-electron chi connectivity index (χ1n) is 1.00. The van der Waals surface area contributed by atoms with Crippen LogP contribution in [0.5, 0.6) is 0 Å². The molecule has 0 N–H and O–H groups in total. The summed E-state index contributed by atoms with van der Waals surface area (Å²) < 4.78 is 0. The van der Waals surface area contributed by atoms with Gasteiger partial charge in [-0.1, -0.05) is 13.8 Å². The van der Waals surface area contributed by atoms with Crippen LogP contribution >= 0.6 is 0 Å². The molecule has 0 fully saturated rings. The molecule has 0 aromatic rings. The molecule has 0 nitrogen and oxygen atoms in total. The summed E-state index contributed by atoms with van der Waals surface area (Å²) in [5.74, 6) is 0. The van der Waals surface area contributed by atoms with E-state index in [-0.39, 0.29) is 88.7 Å². The van der Waals surface area contributed by atoms with E-state index >= 15 is 0 Å². The molecule has 0 rings (SSSR count). The maximum absolute atomic E-state index is 2.00. The van der Waals surface area contributed by atoms with Crippen LogP contribution in [0.25, 0.3) is 0 Å². The molecule has 0 aromatic heterocycles. The Hall–Kier alpha value is 3.00. The van der Waals surface area contributed by atoms with Gasteiger partial charge in [0.2, 0.25) is 0 Å². The van der Waals surface area contributed by atoms with Gasteiger partial charge in [-0.25, -0.2) is 0 Å². The van der Waals surface area contributed by atoms with E-state index in [1.54, 1.807) is 0 Å². The van der Waals surface area contributed by atoms with Gasteiger partial charge in [-0.2, -0.15) is 0 Å². The third kappa shape index (κ3) is 19.4. The zero-order valence-corrected chi connectivity index (χ0v) is 11.0. The largest absolute Gasteiger partial charge is 0.0683 e. The first-order chi connectivity index (χ1) is 1.00. The Labute approximate surface area is 100 Å². The van der Waals surface area contributed by atoms with E-state index in [0.717, 1.165) is 0 Å². The minimum atomic E-state index is 0. The van der Waals surface area contributed by atoms with E-state index in [1.165, 1.54) is 0 Å². The Morgan fingerprint density at radius 3 is 0.600 bits per heavy atom. The molecular weight excluding hydrogens is 93.0 g/mol. The molecule has 0 aliphatic rings. The van der Waals surface area contributed by atoms with Gasteiger partial charge in [0.05, 0.1) is 0 Å². The SMILES string of the molecule is CC.[Na].[Na].[Na]. The van der Waals surface area contributed by atoms with Crippen LogP contribution in [-0.4, -0.2) is 88.7 Å². The molecule has 3 radical (unpaired) electrons. The fourth-order valence-corrected chi connectivity index (χ4v) is 0. The molecule has 0 heterocycles. The van der Waals surface area contributed by atoms with Gasteiger partial charge in [0, 0.05) is 88.7 Å². The zero-order chi connectivity index (χ0) is 2.00. The normalized spacial score (nSPS) is 1.20. The van der Waals surface area contributed by atoms with E-state index in [4.69, 9.17) is 0 Å². The van der Waals surface area contributed by atoms with Gasteiger partial charge in [0.25, 0.3) is 0 Å². The minimum Gasteiger partial charge on any atom is -0.0683 e. The molecule has 3 heteroatoms. The molecule has 17 valence electrons. The van der Waals surface area contributed by atoms with Crippen LogP contribution in [-0.2, 0) is 0 Å². The van der Waals surface area contributed by atoms with Crippen LogP contribution in [0.1, 0.15) is 13.8 Å². The van der Waals surface area contributed by atoms with Gasteiger partial charge < -0.3 is 0 Å². The Morgan fingerprint density at radius 1 is 0.600 bits per heavy atom. The van der Waals surface area contributed by atoms with Crippen LogP contribution in [0.15, 0.2) is 0 Å². The third-order valence-corrected chi connectivity index (χ3v) is 0. The average Bonchev–Trinajstić information content (AvgIpc) is 1.00.